The molecule has 0 amide bonds. The number of nitrogens with one attached hydrogen (secondary N) is 1. The number of nitrogens with zero attached hydrogens (tertiary/aromatic N) is 3. The molecule has 1 aromatic heterocycles. The van der Waals surface area contributed by atoms with Crippen molar-refractivity contribution in [1.29, 1.82) is 0 Å². The fourth-order valence-corrected chi connectivity index (χ4v) is 1.40. The van der Waals surface area contributed by atoms with Crippen molar-refractivity contribution >= 4 is 5.69 Å². The van der Waals surface area contributed by atoms with Gasteiger partial charge in [-0.3, -0.25) is 0 Å². The minimum Gasteiger partial charge on any atom is -0.378 e. The highest BCUT2D eigenvalue weighted by atomic mass is 15.3. The van der Waals surface area contributed by atoms with Crippen molar-refractivity contribution < 1.29 is 0 Å². The maximum atomic E-state index is 4.00. The zero-order valence-electron chi connectivity index (χ0n) is 8.94. The third-order valence-electron chi connectivity index (χ3n) is 2.27. The van der Waals surface area contributed by atoms with E-state index in [1.165, 1.54) is 5.56 Å². The SMILES string of the molecule is Cc1cccc(NCc2nncn2C)c1. The van der Waals surface area contributed by atoms with Gasteiger partial charge in [-0.05, 0) is 24.6 Å². The van der Waals surface area contributed by atoms with Crippen LogP contribution in [0.15, 0.2) is 30.6 Å². The Morgan fingerprint density at radius 1 is 1.40 bits per heavy atom. The molecule has 1 heterocycles. The first-order valence-electron chi connectivity index (χ1n) is 4.89. The molecular formula is C11H14N4. The van der Waals surface area contributed by atoms with Gasteiger partial charge in [0.05, 0.1) is 6.54 Å². The van der Waals surface area contributed by atoms with Crippen molar-refractivity contribution in [2.75, 3.05) is 5.32 Å². The number of anilines is 1. The van der Waals surface area contributed by atoms with Crippen LogP contribution in [0.1, 0.15) is 11.4 Å². The molecule has 0 aliphatic heterocycles. The predicted octanol–water partition coefficient (Wildman–Crippen LogP) is 1.74. The average Bonchev–Trinajstić information content (AvgIpc) is 2.61. The molecule has 0 fully saturated rings. The molecule has 2 rings (SSSR count). The molecule has 4 nitrogen and oxygen atoms in total. The molecule has 0 bridgehead atoms. The standard InChI is InChI=1S/C11H14N4/c1-9-4-3-5-10(6-9)12-7-11-14-13-8-15(11)2/h3-6,8,12H,7H2,1-2H3. The maximum absolute atomic E-state index is 4.00. The number of aryl methyl sites for hydroxylation is 2. The molecule has 4 heteroatoms. The molecule has 78 valence electrons. The van der Waals surface area contributed by atoms with Gasteiger partial charge in [0.2, 0.25) is 0 Å². The lowest BCUT2D eigenvalue weighted by molar-refractivity contribution is 0.812. The Kier molecular flexibility index (Phi) is 2.67. The van der Waals surface area contributed by atoms with Crippen molar-refractivity contribution in [2.24, 2.45) is 7.05 Å². The lowest BCUT2D eigenvalue weighted by Crippen LogP contribution is -2.05. The van der Waals surface area contributed by atoms with Gasteiger partial charge in [-0.1, -0.05) is 12.1 Å². The van der Waals surface area contributed by atoms with Gasteiger partial charge in [0.1, 0.15) is 6.33 Å². The van der Waals surface area contributed by atoms with Crippen LogP contribution in [-0.2, 0) is 13.6 Å². The predicted molar refractivity (Wildman–Crippen MR) is 59.5 cm³/mol. The van der Waals surface area contributed by atoms with E-state index in [2.05, 4.69) is 34.6 Å². The van der Waals surface area contributed by atoms with Crippen LogP contribution >= 0.6 is 0 Å². The topological polar surface area (TPSA) is 42.7 Å². The van der Waals surface area contributed by atoms with Gasteiger partial charge in [0.25, 0.3) is 0 Å². The monoisotopic (exact) mass is 202 g/mol. The first-order valence-corrected chi connectivity index (χ1v) is 4.89. The van der Waals surface area contributed by atoms with Gasteiger partial charge >= 0.3 is 0 Å². The summed E-state index contributed by atoms with van der Waals surface area (Å²) in [4.78, 5) is 0. The highest BCUT2D eigenvalue weighted by Crippen LogP contribution is 2.10. The van der Waals surface area contributed by atoms with Crippen LogP contribution in [0.2, 0.25) is 0 Å². The average molecular weight is 202 g/mol. The molecule has 15 heavy (non-hydrogen) atoms. The number of hydrogen-bond donors (Lipinski definition) is 1. The van der Waals surface area contributed by atoms with Crippen molar-refractivity contribution in [3.63, 3.8) is 0 Å². The van der Waals surface area contributed by atoms with Crippen molar-refractivity contribution in [2.45, 2.75) is 13.5 Å². The first-order chi connectivity index (χ1) is 7.25. The summed E-state index contributed by atoms with van der Waals surface area (Å²) in [5.74, 6) is 0.927. The van der Waals surface area contributed by atoms with Crippen molar-refractivity contribution in [3.8, 4) is 0 Å². The van der Waals surface area contributed by atoms with E-state index in [9.17, 15) is 0 Å². The maximum Gasteiger partial charge on any atom is 0.151 e. The molecule has 2 aromatic rings. The zero-order valence-corrected chi connectivity index (χ0v) is 8.94. The van der Waals surface area contributed by atoms with Gasteiger partial charge in [-0.15, -0.1) is 10.2 Å². The van der Waals surface area contributed by atoms with E-state index < -0.39 is 0 Å². The van der Waals surface area contributed by atoms with E-state index in [0.29, 0.717) is 6.54 Å². The third kappa shape index (κ3) is 2.34. The first kappa shape index (κ1) is 9.71. The molecule has 0 unspecified atom stereocenters. The molecule has 0 saturated heterocycles. The normalized spacial score (nSPS) is 10.3. The molecule has 0 saturated carbocycles. The highest BCUT2D eigenvalue weighted by molar-refractivity contribution is 5.45. The second-order valence-corrected chi connectivity index (χ2v) is 3.58. The minimum atomic E-state index is 0.694. The third-order valence-corrected chi connectivity index (χ3v) is 2.27. The van der Waals surface area contributed by atoms with Gasteiger partial charge in [0, 0.05) is 12.7 Å². The van der Waals surface area contributed by atoms with E-state index >= 15 is 0 Å². The van der Waals surface area contributed by atoms with Gasteiger partial charge < -0.3 is 9.88 Å². The number of aromatic nitrogens is 3. The van der Waals surface area contributed by atoms with Gasteiger partial charge in [-0.25, -0.2) is 0 Å². The summed E-state index contributed by atoms with van der Waals surface area (Å²) in [6.07, 6.45) is 1.70. The Morgan fingerprint density at radius 2 is 2.27 bits per heavy atom. The van der Waals surface area contributed by atoms with E-state index in [1.807, 2.05) is 23.7 Å². The summed E-state index contributed by atoms with van der Waals surface area (Å²) in [7, 11) is 1.94. The summed E-state index contributed by atoms with van der Waals surface area (Å²) in [6.45, 7) is 2.77. The molecule has 0 aliphatic carbocycles. The molecule has 0 atom stereocenters. The highest BCUT2D eigenvalue weighted by Gasteiger charge is 1.99. The van der Waals surface area contributed by atoms with Crippen LogP contribution in [0.4, 0.5) is 5.69 Å². The summed E-state index contributed by atoms with van der Waals surface area (Å²) in [5.41, 5.74) is 2.36. The van der Waals surface area contributed by atoms with Gasteiger partial charge in [-0.2, -0.15) is 0 Å². The summed E-state index contributed by atoms with van der Waals surface area (Å²) < 4.78 is 1.91. The smallest absolute Gasteiger partial charge is 0.151 e. The zero-order chi connectivity index (χ0) is 10.7. The summed E-state index contributed by atoms with van der Waals surface area (Å²) in [5, 5.41) is 11.1. The second-order valence-electron chi connectivity index (χ2n) is 3.58. The lowest BCUT2D eigenvalue weighted by atomic mass is 10.2. The van der Waals surface area contributed by atoms with Crippen molar-refractivity contribution in [3.05, 3.63) is 42.0 Å². The molecule has 0 aliphatic rings. The Morgan fingerprint density at radius 3 is 2.93 bits per heavy atom. The largest absolute Gasteiger partial charge is 0.378 e. The Labute approximate surface area is 89.0 Å². The fourth-order valence-electron chi connectivity index (χ4n) is 1.40. The number of hydrogen-bond acceptors (Lipinski definition) is 3. The van der Waals surface area contributed by atoms with Crippen LogP contribution in [0, 0.1) is 6.92 Å². The minimum absolute atomic E-state index is 0.694. The van der Waals surface area contributed by atoms with E-state index in [0.717, 1.165) is 11.5 Å². The van der Waals surface area contributed by atoms with Crippen LogP contribution in [0.25, 0.3) is 0 Å². The Balaban J connectivity index is 2.02. The van der Waals surface area contributed by atoms with Crippen molar-refractivity contribution in [1.82, 2.24) is 14.8 Å². The van der Waals surface area contributed by atoms with Gasteiger partial charge in [0.15, 0.2) is 5.82 Å². The molecule has 0 spiro atoms. The Hall–Kier alpha value is -1.84. The van der Waals surface area contributed by atoms with E-state index in [-0.39, 0.29) is 0 Å². The number of benzene rings is 1. The molecule has 0 radical (unpaired) electrons. The quantitative estimate of drug-likeness (QED) is 0.824. The Bertz CT molecular complexity index is 447. The molecule has 1 aromatic carbocycles. The van der Waals surface area contributed by atoms with Crippen LogP contribution in [0.5, 0.6) is 0 Å². The molecule has 1 N–H and O–H groups in total. The van der Waals surface area contributed by atoms with Crippen LogP contribution in [0.3, 0.4) is 0 Å². The fraction of sp³-hybridized carbons (Fsp3) is 0.273. The number of rotatable bonds is 3. The summed E-state index contributed by atoms with van der Waals surface area (Å²) >= 11 is 0. The van der Waals surface area contributed by atoms with E-state index in [1.54, 1.807) is 6.33 Å². The van der Waals surface area contributed by atoms with Crippen LogP contribution < -0.4 is 5.32 Å². The van der Waals surface area contributed by atoms with E-state index in [4.69, 9.17) is 0 Å². The summed E-state index contributed by atoms with van der Waals surface area (Å²) in [6, 6.07) is 8.27. The van der Waals surface area contributed by atoms with Crippen LogP contribution in [-0.4, -0.2) is 14.8 Å². The second kappa shape index (κ2) is 4.13. The molecular weight excluding hydrogens is 188 g/mol. The lowest BCUT2D eigenvalue weighted by Gasteiger charge is -2.06.